The van der Waals surface area contributed by atoms with E-state index < -0.39 is 95.0 Å². The van der Waals surface area contributed by atoms with Gasteiger partial charge in [-0.15, -0.1) is 11.3 Å². The summed E-state index contributed by atoms with van der Waals surface area (Å²) < 4.78 is 123. The third kappa shape index (κ3) is 75.7. The molecule has 0 saturated carbocycles. The van der Waals surface area contributed by atoms with Crippen LogP contribution >= 0.6 is 11.3 Å². The molecule has 0 fully saturated rings. The summed E-state index contributed by atoms with van der Waals surface area (Å²) in [6.45, 7) is 47.1. The van der Waals surface area contributed by atoms with Gasteiger partial charge in [-0.05, 0) is 424 Å². The number of fused-ring (bicyclic) bond motifs is 3. The summed E-state index contributed by atoms with van der Waals surface area (Å²) in [5.41, 5.74) is 25.9. The molecule has 9 aromatic rings. The SMILES string of the molecule is CC(C)(C)S(=O)[O-].CC(C)(C)S(=O)[O-].CC(C)(C)S(=O)[O-].CC(C)(C)S(=O)[O-].CC(C)(C)S(=O)[O-].CC(C)(C)S(=O)[O-].CCCCCCCc1ccc(Cc2ccncc2)cc1.CCCCCCCc1ccc2c(c1)CCC2.CCCCCCCc1ccc2ncsc2c1.CCCCCCCc1ccc2ocnc2c1.CCCCCCCc1cccc(C(=O)NC(C)C)c1.CCCCCCCc1cccc(C(N)=O)c1. The number of hydrogen-bond acceptors (Lipinski definition) is 19. The molecule has 0 bridgehead atoms. The van der Waals surface area contributed by atoms with Crippen molar-refractivity contribution in [3.8, 4) is 0 Å². The predicted molar refractivity (Wildman–Crippen MR) is 616 cm³/mol. The van der Waals surface area contributed by atoms with Crippen molar-refractivity contribution in [2.24, 2.45) is 5.73 Å². The van der Waals surface area contributed by atoms with Gasteiger partial charge in [0.2, 0.25) is 5.91 Å². The molecule has 10 rings (SSSR count). The Morgan fingerprint density at radius 3 is 1.02 bits per heavy atom. The number of thiazole rings is 1. The van der Waals surface area contributed by atoms with Crippen molar-refractivity contribution >= 4 is 111 Å². The van der Waals surface area contributed by atoms with Gasteiger partial charge in [-0.1, -0.05) is 275 Å². The third-order valence-corrected chi connectivity index (χ3v) is 29.2. The van der Waals surface area contributed by atoms with E-state index in [9.17, 15) is 62.2 Å². The largest absolute Gasteiger partial charge is 0.772 e. The summed E-state index contributed by atoms with van der Waals surface area (Å²) in [5, 5.41) is 2.93. The van der Waals surface area contributed by atoms with Gasteiger partial charge in [-0.25, -0.2) is 9.97 Å². The van der Waals surface area contributed by atoms with Crippen LogP contribution in [0, 0.1) is 0 Å². The Labute approximate surface area is 898 Å². The summed E-state index contributed by atoms with van der Waals surface area (Å²) in [4.78, 5) is 35.4. The van der Waals surface area contributed by atoms with E-state index in [2.05, 4.69) is 159 Å². The van der Waals surface area contributed by atoms with Gasteiger partial charge in [-0.3, -0.25) is 39.8 Å². The van der Waals surface area contributed by atoms with Gasteiger partial charge < -0.3 is 42.8 Å². The number of benzene rings is 6. The zero-order chi connectivity index (χ0) is 110. The number of nitrogens with one attached hydrogen (secondary N) is 1. The van der Waals surface area contributed by atoms with Crippen molar-refractivity contribution in [2.75, 3.05) is 0 Å². The number of aromatic nitrogens is 3. The molecule has 0 radical (unpaired) electrons. The van der Waals surface area contributed by atoms with Crippen LogP contribution < -0.4 is 11.1 Å². The van der Waals surface area contributed by atoms with E-state index in [4.69, 9.17) is 10.2 Å². The highest BCUT2D eigenvalue weighted by Gasteiger charge is 2.16. The number of unbranched alkanes of at least 4 members (excludes halogenated alkanes) is 24. The van der Waals surface area contributed by atoms with E-state index in [0.717, 1.165) is 47.9 Å². The fraction of sp³-hybridized carbons (Fsp3) is 0.619. The lowest BCUT2D eigenvalue weighted by Gasteiger charge is -2.20. The lowest BCUT2D eigenvalue weighted by atomic mass is 10.0. The molecule has 824 valence electrons. The number of rotatable bonds is 41. The Kier molecular flexibility index (Phi) is 78.7. The molecule has 20 nitrogen and oxygen atoms in total. The highest BCUT2D eigenvalue weighted by molar-refractivity contribution is 7.81. The number of nitrogens with two attached hydrogens (primary N) is 1. The normalized spacial score (nSPS) is 12.8. The van der Waals surface area contributed by atoms with E-state index in [1.807, 2.05) is 68.1 Å². The van der Waals surface area contributed by atoms with Crippen LogP contribution in [0.15, 0.2) is 168 Å². The highest BCUT2D eigenvalue weighted by atomic mass is 32.2. The average molecular weight is 2140 g/mol. The first-order valence-electron chi connectivity index (χ1n) is 53.2. The number of aryl methyl sites for hydroxylation is 8. The topological polar surface area (TPSA) is 365 Å². The zero-order valence-electron chi connectivity index (χ0n) is 93.9. The second-order valence-corrected chi connectivity index (χ2v) is 54.1. The van der Waals surface area contributed by atoms with Crippen LogP contribution in [0.25, 0.3) is 21.3 Å². The lowest BCUT2D eigenvalue weighted by Crippen LogP contribution is -2.30. The van der Waals surface area contributed by atoms with Crippen LogP contribution in [0.2, 0.25) is 0 Å². The Morgan fingerprint density at radius 1 is 0.352 bits per heavy atom. The molecular formula is C118H189N5O15S7-6. The monoisotopic (exact) mass is 2140 g/mol. The predicted octanol–water partition coefficient (Wildman–Crippen LogP) is 30.6. The highest BCUT2D eigenvalue weighted by Crippen LogP contribution is 2.27. The van der Waals surface area contributed by atoms with Crippen LogP contribution in [-0.2, 0) is 124 Å². The maximum Gasteiger partial charge on any atom is 0.251 e. The molecule has 3 heterocycles. The molecular weight excluding hydrogens is 1950 g/mol. The molecule has 0 spiro atoms. The lowest BCUT2D eigenvalue weighted by molar-refractivity contribution is 0.0941. The average Bonchev–Trinajstić information content (AvgIpc) is 1.73. The Morgan fingerprint density at radius 2 is 0.655 bits per heavy atom. The van der Waals surface area contributed by atoms with Crippen molar-refractivity contribution in [1.82, 2.24) is 20.3 Å². The minimum Gasteiger partial charge on any atom is -0.772 e. The maximum absolute atomic E-state index is 11.9. The summed E-state index contributed by atoms with van der Waals surface area (Å²) in [6, 6.07) is 49.3. The quantitative estimate of drug-likeness (QED) is 0.0265. The first kappa shape index (κ1) is 140. The van der Waals surface area contributed by atoms with Gasteiger partial charge >= 0.3 is 0 Å². The number of carbonyl (C=O) groups excluding carboxylic acids is 2. The fourth-order valence-electron chi connectivity index (χ4n) is 13.1. The third-order valence-electron chi connectivity index (χ3n) is 22.4. The van der Waals surface area contributed by atoms with E-state index in [1.165, 1.54) is 281 Å². The van der Waals surface area contributed by atoms with E-state index in [-0.39, 0.29) is 17.9 Å². The molecule has 1 aliphatic rings. The summed E-state index contributed by atoms with van der Waals surface area (Å²) in [6.07, 6.45) is 57.2. The number of hydrogen-bond donors (Lipinski definition) is 2. The number of pyridine rings is 1. The zero-order valence-corrected chi connectivity index (χ0v) is 99.6. The number of primary amides is 1. The van der Waals surface area contributed by atoms with E-state index in [0.29, 0.717) is 5.56 Å². The smallest absolute Gasteiger partial charge is 0.251 e. The number of carbonyl (C=O) groups is 2. The van der Waals surface area contributed by atoms with Crippen molar-refractivity contribution < 1.29 is 66.6 Å². The minimum atomic E-state index is -1.93. The molecule has 2 amide bonds. The van der Waals surface area contributed by atoms with Crippen LogP contribution in [0.1, 0.15) is 455 Å². The van der Waals surface area contributed by atoms with Crippen LogP contribution in [0.3, 0.4) is 0 Å². The van der Waals surface area contributed by atoms with Crippen LogP contribution in [0.5, 0.6) is 0 Å². The first-order chi connectivity index (χ1) is 68.1. The van der Waals surface area contributed by atoms with Gasteiger partial charge in [-0.2, -0.15) is 0 Å². The Bertz CT molecular complexity index is 4710. The van der Waals surface area contributed by atoms with Gasteiger partial charge in [0.15, 0.2) is 12.0 Å². The van der Waals surface area contributed by atoms with Crippen LogP contribution in [-0.4, -0.2) is 114 Å². The molecule has 6 aromatic carbocycles. The molecule has 6 atom stereocenters. The number of nitrogens with zero attached hydrogens (tertiary/aromatic N) is 3. The molecule has 0 aliphatic heterocycles. The molecule has 1 aliphatic carbocycles. The molecule has 0 saturated heterocycles. The van der Waals surface area contributed by atoms with Crippen molar-refractivity contribution in [1.29, 1.82) is 0 Å². The maximum atomic E-state index is 11.9. The Balaban J connectivity index is 0. The van der Waals surface area contributed by atoms with Gasteiger partial charge in [0.1, 0.15) is 5.52 Å². The van der Waals surface area contributed by atoms with Gasteiger partial charge in [0.25, 0.3) is 5.91 Å². The summed E-state index contributed by atoms with van der Waals surface area (Å²) >= 11 is -9.86. The summed E-state index contributed by atoms with van der Waals surface area (Å²) in [7, 11) is 0. The van der Waals surface area contributed by atoms with Crippen molar-refractivity contribution in [2.45, 2.75) is 471 Å². The fourth-order valence-corrected chi connectivity index (χ4v) is 13.9. The van der Waals surface area contributed by atoms with E-state index in [1.54, 1.807) is 159 Å². The number of oxazole rings is 1. The minimum absolute atomic E-state index is 0.0304. The van der Waals surface area contributed by atoms with E-state index >= 15 is 0 Å². The molecule has 145 heavy (non-hydrogen) atoms. The molecule has 27 heteroatoms. The van der Waals surface area contributed by atoms with Gasteiger partial charge in [0, 0.05) is 58.0 Å². The Hall–Kier alpha value is -6.57. The van der Waals surface area contributed by atoms with Crippen molar-refractivity contribution in [3.05, 3.63) is 231 Å². The van der Waals surface area contributed by atoms with Gasteiger partial charge in [0.05, 0.1) is 15.7 Å². The number of amides is 2. The molecule has 3 aromatic heterocycles. The second kappa shape index (κ2) is 81.3. The molecule has 3 N–H and O–H groups in total. The van der Waals surface area contributed by atoms with Crippen LogP contribution in [0.4, 0.5) is 0 Å². The first-order valence-corrected chi connectivity index (χ1v) is 60.5. The second-order valence-electron chi connectivity index (χ2n) is 43.1. The standard InChI is InChI=1S/C19H25N.C17H27NO.C16H24.C14H19NO.C14H21NO.C14H19NS.6C4H10O2S/c1-2-3-4-5-6-7-17-8-10-18(11-9-17)16-19-12-14-20-15-13-19;1-4-5-6-7-8-10-15-11-9-12-16(13-15)17(19)18-14(2)3;1-2-3-4-5-6-8-14-11-12-15-9-7-10-16(15)13-14;1-2-3-4-5-6-7-12-8-9-14-13(10-12)15-11-16-14;1-2-3-4-5-6-8-12-9-7-10-13(11-12)14(15)16;1-2-3-4-5-6-7-12-8-9-13-14(10-12)16-11-15-13;6*1-4(2,3)7(5)6/h8-15H,2-7,16H2,1H3;9,11-14H,4-8,10H2,1-3H3,(H,18,19);11-13H,2-10H2,1H3;8-11H,2-7H2,1H3;7,9-11H,2-6,8H2,1H3,(H2,15,16);8-11H,2-7H2,1H3;6*1-3H3,(H,5,6)/p-6. The van der Waals surface area contributed by atoms with Crippen molar-refractivity contribution in [3.63, 3.8) is 0 Å². The molecule has 6 unspecified atom stereocenters. The summed E-state index contributed by atoms with van der Waals surface area (Å²) in [5.74, 6) is -0.310.